The smallest absolute Gasteiger partial charge is 0.408 e. The number of methoxy groups -OCH3 is 1. The molecular weight excluding hydrogens is 413 g/mol. The van der Waals surface area contributed by atoms with Gasteiger partial charge in [-0.15, -0.1) is 0 Å². The Morgan fingerprint density at radius 2 is 1.69 bits per heavy atom. The number of hydrogen-bond acceptors (Lipinski definition) is 4. The highest BCUT2D eigenvalue weighted by molar-refractivity contribution is 6.30. The Balaban J connectivity index is 2.19. The molecule has 0 fully saturated rings. The molecule has 29 heavy (non-hydrogen) atoms. The van der Waals surface area contributed by atoms with Crippen LogP contribution in [-0.2, 0) is 20.7 Å². The Morgan fingerprint density at radius 1 is 1.03 bits per heavy atom. The number of hydrogen-bond donors (Lipinski definition) is 1. The van der Waals surface area contributed by atoms with Gasteiger partial charge in [0.25, 0.3) is 0 Å². The van der Waals surface area contributed by atoms with Gasteiger partial charge in [-0.05, 0) is 47.7 Å². The Labute approximate surface area is 181 Å². The summed E-state index contributed by atoms with van der Waals surface area (Å²) in [6.07, 6.45) is -0.461. The molecule has 156 valence electrons. The Hall–Kier alpha value is -2.24. The molecule has 7 heteroatoms. The molecule has 5 nitrogen and oxygen atoms in total. The van der Waals surface area contributed by atoms with Gasteiger partial charge in [0, 0.05) is 16.5 Å². The number of carbonyl (C=O) groups is 2. The second-order valence-electron chi connectivity index (χ2n) is 7.13. The standard InChI is InChI=1S/C22H25Cl2NO4/c1-14(2)10-19(21(26)28-3)25-22(27)29-20(16-7-5-9-18(24)13-16)12-15-6-4-8-17(23)11-15/h4-9,11,13-14,19-20H,10,12H2,1-3H3,(H,25,27)/t19-,20?/m0/s1. The Morgan fingerprint density at radius 3 is 2.28 bits per heavy atom. The Bertz CT molecular complexity index is 841. The zero-order chi connectivity index (χ0) is 21.4. The summed E-state index contributed by atoms with van der Waals surface area (Å²) < 4.78 is 10.5. The summed E-state index contributed by atoms with van der Waals surface area (Å²) in [7, 11) is 1.29. The van der Waals surface area contributed by atoms with Crippen molar-refractivity contribution < 1.29 is 19.1 Å². The molecule has 0 aliphatic carbocycles. The maximum Gasteiger partial charge on any atom is 0.408 e. The average Bonchev–Trinajstić information content (AvgIpc) is 2.66. The van der Waals surface area contributed by atoms with E-state index in [4.69, 9.17) is 32.7 Å². The van der Waals surface area contributed by atoms with Crippen LogP contribution in [0.3, 0.4) is 0 Å². The lowest BCUT2D eigenvalue weighted by atomic mass is 10.0. The number of carbonyl (C=O) groups excluding carboxylic acids is 2. The van der Waals surface area contributed by atoms with Gasteiger partial charge >= 0.3 is 12.1 Å². The highest BCUT2D eigenvalue weighted by atomic mass is 35.5. The maximum absolute atomic E-state index is 12.6. The number of ether oxygens (including phenoxy) is 2. The molecule has 0 saturated carbocycles. The van der Waals surface area contributed by atoms with Crippen LogP contribution in [0, 0.1) is 5.92 Å². The van der Waals surface area contributed by atoms with Gasteiger partial charge in [0.15, 0.2) is 0 Å². The van der Waals surface area contributed by atoms with E-state index >= 15 is 0 Å². The van der Waals surface area contributed by atoms with E-state index < -0.39 is 24.2 Å². The van der Waals surface area contributed by atoms with E-state index in [2.05, 4.69) is 5.32 Å². The number of amides is 1. The molecule has 0 saturated heterocycles. The quantitative estimate of drug-likeness (QED) is 0.546. The number of benzene rings is 2. The monoisotopic (exact) mass is 437 g/mol. The molecule has 1 N–H and O–H groups in total. The maximum atomic E-state index is 12.6. The van der Waals surface area contributed by atoms with Crippen molar-refractivity contribution >= 4 is 35.3 Å². The van der Waals surface area contributed by atoms with Crippen molar-refractivity contribution in [2.75, 3.05) is 7.11 Å². The predicted octanol–water partition coefficient (Wildman–Crippen LogP) is 5.59. The van der Waals surface area contributed by atoms with Gasteiger partial charge in [0.2, 0.25) is 0 Å². The highest BCUT2D eigenvalue weighted by Crippen LogP contribution is 2.26. The summed E-state index contributed by atoms with van der Waals surface area (Å²) in [5.74, 6) is -0.320. The fourth-order valence-corrected chi connectivity index (χ4v) is 3.36. The van der Waals surface area contributed by atoms with Crippen LogP contribution in [-0.4, -0.2) is 25.2 Å². The third-order valence-corrected chi connectivity index (χ3v) is 4.73. The molecule has 0 bridgehead atoms. The average molecular weight is 438 g/mol. The van der Waals surface area contributed by atoms with Crippen LogP contribution >= 0.6 is 23.2 Å². The molecule has 0 radical (unpaired) electrons. The molecule has 0 aliphatic rings. The minimum absolute atomic E-state index is 0.189. The molecule has 1 unspecified atom stereocenters. The lowest BCUT2D eigenvalue weighted by Gasteiger charge is -2.22. The molecule has 2 atom stereocenters. The minimum Gasteiger partial charge on any atom is -0.467 e. The summed E-state index contributed by atoms with van der Waals surface area (Å²) in [6, 6.07) is 13.7. The van der Waals surface area contributed by atoms with E-state index in [1.165, 1.54) is 7.11 Å². The van der Waals surface area contributed by atoms with E-state index in [9.17, 15) is 9.59 Å². The summed E-state index contributed by atoms with van der Waals surface area (Å²) in [5.41, 5.74) is 1.65. The number of esters is 1. The first kappa shape index (κ1) is 23.0. The molecule has 0 heterocycles. The van der Waals surface area contributed by atoms with Crippen molar-refractivity contribution in [2.24, 2.45) is 5.92 Å². The third-order valence-electron chi connectivity index (χ3n) is 4.26. The molecule has 1 amide bonds. The van der Waals surface area contributed by atoms with Crippen LogP contribution in [0.25, 0.3) is 0 Å². The summed E-state index contributed by atoms with van der Waals surface area (Å²) in [4.78, 5) is 24.6. The number of nitrogens with one attached hydrogen (secondary N) is 1. The van der Waals surface area contributed by atoms with Crippen molar-refractivity contribution in [2.45, 2.75) is 38.8 Å². The molecule has 0 spiro atoms. The van der Waals surface area contributed by atoms with Crippen molar-refractivity contribution in [3.8, 4) is 0 Å². The van der Waals surface area contributed by atoms with Crippen LogP contribution in [0.5, 0.6) is 0 Å². The van der Waals surface area contributed by atoms with Crippen molar-refractivity contribution in [3.05, 3.63) is 69.7 Å². The topological polar surface area (TPSA) is 64.6 Å². The fourth-order valence-electron chi connectivity index (χ4n) is 2.95. The second kappa shape index (κ2) is 11.1. The highest BCUT2D eigenvalue weighted by Gasteiger charge is 2.25. The van der Waals surface area contributed by atoms with E-state index in [1.54, 1.807) is 24.3 Å². The van der Waals surface area contributed by atoms with Gasteiger partial charge in [-0.1, -0.05) is 61.3 Å². The largest absolute Gasteiger partial charge is 0.467 e. The van der Waals surface area contributed by atoms with E-state index in [0.29, 0.717) is 22.9 Å². The SMILES string of the molecule is COC(=O)[C@H](CC(C)C)NC(=O)OC(Cc1cccc(Cl)c1)c1cccc(Cl)c1. The third kappa shape index (κ3) is 7.59. The van der Waals surface area contributed by atoms with E-state index in [-0.39, 0.29) is 5.92 Å². The first-order valence-corrected chi connectivity index (χ1v) is 10.1. The van der Waals surface area contributed by atoms with Gasteiger partial charge in [0.1, 0.15) is 12.1 Å². The Kier molecular flexibility index (Phi) is 8.80. The van der Waals surface area contributed by atoms with Crippen molar-refractivity contribution in [1.29, 1.82) is 0 Å². The van der Waals surface area contributed by atoms with Crippen LogP contribution < -0.4 is 5.32 Å². The van der Waals surface area contributed by atoms with Crippen LogP contribution in [0.1, 0.15) is 37.5 Å². The minimum atomic E-state index is -0.779. The van der Waals surface area contributed by atoms with Gasteiger partial charge in [0.05, 0.1) is 7.11 Å². The molecule has 2 rings (SSSR count). The lowest BCUT2D eigenvalue weighted by Crippen LogP contribution is -2.43. The summed E-state index contributed by atoms with van der Waals surface area (Å²) in [5, 5.41) is 3.75. The number of alkyl carbamates (subject to hydrolysis) is 1. The summed E-state index contributed by atoms with van der Waals surface area (Å²) in [6.45, 7) is 3.91. The summed E-state index contributed by atoms with van der Waals surface area (Å²) >= 11 is 12.2. The molecule has 0 aliphatic heterocycles. The van der Waals surface area contributed by atoms with Gasteiger partial charge in [-0.2, -0.15) is 0 Å². The normalized spacial score (nSPS) is 12.9. The first-order valence-electron chi connectivity index (χ1n) is 9.33. The molecule has 2 aromatic rings. The van der Waals surface area contributed by atoms with Crippen molar-refractivity contribution in [1.82, 2.24) is 5.32 Å². The molecule has 0 aromatic heterocycles. The molecule has 2 aromatic carbocycles. The fraction of sp³-hybridized carbons (Fsp3) is 0.364. The number of rotatable bonds is 8. The molecular formula is C22H25Cl2NO4. The lowest BCUT2D eigenvalue weighted by molar-refractivity contribution is -0.143. The zero-order valence-corrected chi connectivity index (χ0v) is 18.2. The number of halogens is 2. The van der Waals surface area contributed by atoms with Gasteiger partial charge < -0.3 is 14.8 Å². The van der Waals surface area contributed by atoms with Gasteiger partial charge in [-0.25, -0.2) is 9.59 Å². The van der Waals surface area contributed by atoms with Crippen LogP contribution in [0.4, 0.5) is 4.79 Å². The predicted molar refractivity (Wildman–Crippen MR) is 114 cm³/mol. The second-order valence-corrected chi connectivity index (χ2v) is 8.01. The van der Waals surface area contributed by atoms with Crippen molar-refractivity contribution in [3.63, 3.8) is 0 Å². The van der Waals surface area contributed by atoms with Gasteiger partial charge in [-0.3, -0.25) is 0 Å². The van der Waals surface area contributed by atoms with Crippen LogP contribution in [0.15, 0.2) is 48.5 Å². The zero-order valence-electron chi connectivity index (χ0n) is 16.7. The van der Waals surface area contributed by atoms with E-state index in [1.807, 2.05) is 38.1 Å². The van der Waals surface area contributed by atoms with E-state index in [0.717, 1.165) is 11.1 Å². The first-order chi connectivity index (χ1) is 13.8. The van der Waals surface area contributed by atoms with Crippen LogP contribution in [0.2, 0.25) is 10.0 Å².